The molecule has 4 aromatic carbocycles. The molecular weight excluding hydrogens is 648 g/mol. The summed E-state index contributed by atoms with van der Waals surface area (Å²) in [6, 6.07) is 36.7. The Morgan fingerprint density at radius 3 is 0.647 bits per heavy atom. The van der Waals surface area contributed by atoms with E-state index in [9.17, 15) is 0 Å². The van der Waals surface area contributed by atoms with Gasteiger partial charge in [0, 0.05) is 0 Å². The van der Waals surface area contributed by atoms with Gasteiger partial charge in [0.25, 0.3) is 0 Å². The van der Waals surface area contributed by atoms with Crippen molar-refractivity contribution in [3.05, 3.63) is 143 Å². The minimum Gasteiger partial charge on any atom is -0.377 e. The summed E-state index contributed by atoms with van der Waals surface area (Å²) < 4.78 is 51.8. The molecule has 0 fully saturated rings. The zero-order valence-corrected chi connectivity index (χ0v) is 29.8. The lowest BCUT2D eigenvalue weighted by molar-refractivity contribution is -0.0138. The van der Waals surface area contributed by atoms with E-state index in [2.05, 4.69) is 42.5 Å². The van der Waals surface area contributed by atoms with Gasteiger partial charge in [0.05, 0.1) is 119 Å². The van der Waals surface area contributed by atoms with E-state index in [0.717, 1.165) is 33.4 Å². The maximum Gasteiger partial charge on any atom is 0.0718 e. The fraction of sp³-hybridized carbons (Fsp3) is 0.429. The summed E-state index contributed by atoms with van der Waals surface area (Å²) in [5.41, 5.74) is 6.65. The van der Waals surface area contributed by atoms with Crippen LogP contribution in [0, 0.1) is 0 Å². The summed E-state index contributed by atoms with van der Waals surface area (Å²) in [5.74, 6) is 0. The topological polar surface area (TPSA) is 83.1 Å². The fourth-order valence-electron chi connectivity index (χ4n) is 4.97. The Morgan fingerprint density at radius 1 is 0.216 bits per heavy atom. The third-order valence-corrected chi connectivity index (χ3v) is 7.49. The molecule has 9 nitrogen and oxygen atoms in total. The number of benzene rings is 4. The monoisotopic (exact) mass is 702 g/mol. The van der Waals surface area contributed by atoms with Gasteiger partial charge in [-0.3, -0.25) is 0 Å². The van der Waals surface area contributed by atoms with Crippen LogP contribution in [0.3, 0.4) is 0 Å². The summed E-state index contributed by atoms with van der Waals surface area (Å²) >= 11 is 0. The molecule has 0 aromatic heterocycles. The summed E-state index contributed by atoms with van der Waals surface area (Å²) in [7, 11) is 0. The molecule has 0 spiro atoms. The van der Waals surface area contributed by atoms with Crippen molar-refractivity contribution < 1.29 is 42.6 Å². The van der Waals surface area contributed by atoms with Crippen molar-refractivity contribution in [1.29, 1.82) is 0 Å². The lowest BCUT2D eigenvalue weighted by Crippen LogP contribution is -2.13. The summed E-state index contributed by atoms with van der Waals surface area (Å²) in [6.07, 6.45) is 0. The first-order valence-electron chi connectivity index (χ1n) is 17.8. The Morgan fingerprint density at radius 2 is 0.412 bits per heavy atom. The molecule has 0 bridgehead atoms. The molecule has 9 heteroatoms. The largest absolute Gasteiger partial charge is 0.377 e. The molecule has 0 heterocycles. The molecule has 0 amide bonds. The minimum absolute atomic E-state index is 0.466. The van der Waals surface area contributed by atoms with Gasteiger partial charge in [-0.1, -0.05) is 109 Å². The van der Waals surface area contributed by atoms with Gasteiger partial charge in [0.1, 0.15) is 0 Å². The molecule has 4 aromatic rings. The van der Waals surface area contributed by atoms with Crippen molar-refractivity contribution >= 4 is 0 Å². The van der Waals surface area contributed by atoms with Crippen LogP contribution in [0.25, 0.3) is 0 Å². The van der Waals surface area contributed by atoms with Crippen LogP contribution in [-0.4, -0.2) is 79.3 Å². The van der Waals surface area contributed by atoms with Crippen LogP contribution in [-0.2, 0) is 82.3 Å². The van der Waals surface area contributed by atoms with Gasteiger partial charge in [-0.15, -0.1) is 0 Å². The van der Waals surface area contributed by atoms with Gasteiger partial charge < -0.3 is 42.6 Å². The van der Waals surface area contributed by atoms with Crippen LogP contribution in [0.2, 0.25) is 0 Å². The van der Waals surface area contributed by atoms with Gasteiger partial charge in [-0.2, -0.15) is 0 Å². The summed E-state index contributed by atoms with van der Waals surface area (Å²) in [4.78, 5) is 0. The van der Waals surface area contributed by atoms with Crippen molar-refractivity contribution in [3.8, 4) is 0 Å². The highest BCUT2D eigenvalue weighted by Gasteiger charge is 2.05. The van der Waals surface area contributed by atoms with E-state index in [1.807, 2.05) is 66.7 Å². The quantitative estimate of drug-likeness (QED) is 0.0537. The van der Waals surface area contributed by atoms with E-state index in [-0.39, 0.29) is 0 Å². The molecule has 0 saturated carbocycles. The van der Waals surface area contributed by atoms with Gasteiger partial charge in [0.15, 0.2) is 0 Å². The highest BCUT2D eigenvalue weighted by Crippen LogP contribution is 2.15. The lowest BCUT2D eigenvalue weighted by atomic mass is 10.1. The molecule has 0 radical (unpaired) electrons. The minimum atomic E-state index is 0.466. The van der Waals surface area contributed by atoms with E-state index in [4.69, 9.17) is 42.6 Å². The average Bonchev–Trinajstić information content (AvgIpc) is 3.17. The van der Waals surface area contributed by atoms with E-state index in [0.29, 0.717) is 119 Å². The van der Waals surface area contributed by atoms with Gasteiger partial charge in [-0.25, -0.2) is 0 Å². The van der Waals surface area contributed by atoms with Crippen molar-refractivity contribution in [2.45, 2.75) is 39.6 Å². The van der Waals surface area contributed by atoms with Crippen LogP contribution in [0.1, 0.15) is 33.4 Å². The number of hydrogen-bond donors (Lipinski definition) is 0. The fourth-order valence-corrected chi connectivity index (χ4v) is 4.97. The van der Waals surface area contributed by atoms with Gasteiger partial charge in [-0.05, 0) is 33.4 Å². The predicted octanol–water partition coefficient (Wildman–Crippen LogP) is 6.94. The summed E-state index contributed by atoms with van der Waals surface area (Å²) in [5, 5.41) is 0. The lowest BCUT2D eigenvalue weighted by Gasteiger charge is -2.12. The van der Waals surface area contributed by atoms with E-state index in [1.165, 1.54) is 0 Å². The molecule has 0 N–H and O–H groups in total. The first-order chi connectivity index (χ1) is 25.3. The zero-order valence-electron chi connectivity index (χ0n) is 29.8. The molecule has 0 saturated heterocycles. The molecule has 0 aliphatic heterocycles. The van der Waals surface area contributed by atoms with Crippen LogP contribution < -0.4 is 0 Å². The Kier molecular flexibility index (Phi) is 21.5. The van der Waals surface area contributed by atoms with Crippen molar-refractivity contribution in [3.63, 3.8) is 0 Å². The molecule has 0 unspecified atom stereocenters. The highest BCUT2D eigenvalue weighted by molar-refractivity contribution is 5.29. The Labute approximate surface area is 303 Å². The molecular formula is C42H54O9. The second kappa shape index (κ2) is 27.2. The SMILES string of the molecule is c1ccc(COCCOCCOCCOCCOCc2cc(COCCOCc3ccccc3)cc(COCCOCc3ccccc3)c2)cc1. The number of ether oxygens (including phenoxy) is 9. The maximum absolute atomic E-state index is 5.94. The molecule has 4 rings (SSSR count). The van der Waals surface area contributed by atoms with Crippen molar-refractivity contribution in [2.75, 3.05) is 79.3 Å². The van der Waals surface area contributed by atoms with Crippen LogP contribution in [0.15, 0.2) is 109 Å². The van der Waals surface area contributed by atoms with E-state index in [1.54, 1.807) is 0 Å². The summed E-state index contributed by atoms with van der Waals surface area (Å²) in [6.45, 7) is 9.37. The zero-order chi connectivity index (χ0) is 35.3. The predicted molar refractivity (Wildman–Crippen MR) is 196 cm³/mol. The Bertz CT molecular complexity index is 1320. The van der Waals surface area contributed by atoms with Crippen molar-refractivity contribution in [2.24, 2.45) is 0 Å². The highest BCUT2D eigenvalue weighted by atomic mass is 16.6. The smallest absolute Gasteiger partial charge is 0.0718 e. The molecule has 0 aliphatic carbocycles. The van der Waals surface area contributed by atoms with Crippen LogP contribution in [0.4, 0.5) is 0 Å². The van der Waals surface area contributed by atoms with E-state index >= 15 is 0 Å². The Balaban J connectivity index is 1.05. The second-order valence-electron chi connectivity index (χ2n) is 11.8. The second-order valence-corrected chi connectivity index (χ2v) is 11.8. The van der Waals surface area contributed by atoms with Gasteiger partial charge >= 0.3 is 0 Å². The van der Waals surface area contributed by atoms with Crippen LogP contribution in [0.5, 0.6) is 0 Å². The normalized spacial score (nSPS) is 11.3. The van der Waals surface area contributed by atoms with Crippen molar-refractivity contribution in [1.82, 2.24) is 0 Å². The molecule has 0 aliphatic rings. The average molecular weight is 703 g/mol. The standard InChI is InChI=1S/C42H54O9/c1-4-10-37(11-5-1)31-46-22-20-44-18-16-43-17-19-45-21-23-49-34-40-28-41(35-50-26-24-47-32-38-12-6-2-7-13-38)30-42(29-40)36-51-27-25-48-33-39-14-8-3-9-15-39/h1-15,28-30H,16-27,31-36H2. The first-order valence-corrected chi connectivity index (χ1v) is 17.8. The Hall–Kier alpha value is -3.48. The van der Waals surface area contributed by atoms with E-state index < -0.39 is 0 Å². The third-order valence-electron chi connectivity index (χ3n) is 7.49. The van der Waals surface area contributed by atoms with Gasteiger partial charge in [0.2, 0.25) is 0 Å². The molecule has 276 valence electrons. The molecule has 0 atom stereocenters. The molecule has 51 heavy (non-hydrogen) atoms. The first kappa shape index (κ1) is 40.3. The van der Waals surface area contributed by atoms with Crippen LogP contribution >= 0.6 is 0 Å². The number of rotatable bonds is 30. The third kappa shape index (κ3) is 19.6. The number of hydrogen-bond acceptors (Lipinski definition) is 9. The maximum atomic E-state index is 5.94.